The van der Waals surface area contributed by atoms with E-state index in [9.17, 15) is 5.11 Å². The Kier molecular flexibility index (Phi) is 8.06. The second kappa shape index (κ2) is 10.3. The van der Waals surface area contributed by atoms with Gasteiger partial charge in [-0.25, -0.2) is 9.98 Å². The highest BCUT2D eigenvalue weighted by Crippen LogP contribution is 2.20. The fourth-order valence-corrected chi connectivity index (χ4v) is 3.41. The Bertz CT molecular complexity index is 682. The molecule has 0 aliphatic rings. The number of hydrogen-bond donors (Lipinski definition) is 3. The van der Waals surface area contributed by atoms with Crippen LogP contribution < -0.4 is 10.6 Å². The van der Waals surface area contributed by atoms with Crippen LogP contribution in [0.25, 0.3) is 0 Å². The molecular formula is C20H30N4OS. The summed E-state index contributed by atoms with van der Waals surface area (Å²) in [5.74, 6) is 0.744. The lowest BCUT2D eigenvalue weighted by atomic mass is 9.96. The van der Waals surface area contributed by atoms with E-state index in [0.29, 0.717) is 6.54 Å². The summed E-state index contributed by atoms with van der Waals surface area (Å²) in [7, 11) is 0. The number of rotatable bonds is 9. The lowest BCUT2D eigenvalue weighted by Gasteiger charge is -2.22. The Hall–Kier alpha value is -1.92. The first-order chi connectivity index (χ1) is 12.5. The third-order valence-corrected chi connectivity index (χ3v) is 5.09. The van der Waals surface area contributed by atoms with Gasteiger partial charge in [0, 0.05) is 24.2 Å². The predicted octanol–water partition coefficient (Wildman–Crippen LogP) is 3.24. The second-order valence-corrected chi connectivity index (χ2v) is 7.54. The molecule has 2 rings (SSSR count). The first-order valence-electron chi connectivity index (χ1n) is 9.22. The van der Waals surface area contributed by atoms with E-state index in [4.69, 9.17) is 0 Å². The van der Waals surface area contributed by atoms with Crippen LogP contribution in [0.15, 0.2) is 40.7 Å². The van der Waals surface area contributed by atoms with Crippen LogP contribution in [0.3, 0.4) is 0 Å². The highest BCUT2D eigenvalue weighted by molar-refractivity contribution is 7.09. The molecule has 26 heavy (non-hydrogen) atoms. The Morgan fingerprint density at radius 3 is 2.65 bits per heavy atom. The Labute approximate surface area is 160 Å². The third-order valence-electron chi connectivity index (χ3n) is 4.06. The van der Waals surface area contributed by atoms with Gasteiger partial charge in [-0.05, 0) is 45.6 Å². The molecular weight excluding hydrogens is 344 g/mol. The average molecular weight is 375 g/mol. The summed E-state index contributed by atoms with van der Waals surface area (Å²) in [5.41, 5.74) is 1.00. The van der Waals surface area contributed by atoms with Crippen LogP contribution in [0.1, 0.15) is 43.0 Å². The lowest BCUT2D eigenvalue weighted by Crippen LogP contribution is -2.39. The maximum Gasteiger partial charge on any atom is 0.191 e. The molecule has 142 valence electrons. The van der Waals surface area contributed by atoms with Gasteiger partial charge in [-0.1, -0.05) is 30.3 Å². The molecule has 1 aromatic carbocycles. The van der Waals surface area contributed by atoms with Crippen molar-refractivity contribution >= 4 is 17.3 Å². The van der Waals surface area contributed by atoms with Crippen LogP contribution in [0.4, 0.5) is 0 Å². The number of aromatic nitrogens is 1. The predicted molar refractivity (Wildman–Crippen MR) is 110 cm³/mol. The van der Waals surface area contributed by atoms with Gasteiger partial charge in [0.25, 0.3) is 0 Å². The highest BCUT2D eigenvalue weighted by atomic mass is 32.1. The Balaban J connectivity index is 1.78. The van der Waals surface area contributed by atoms with Crippen molar-refractivity contribution in [2.75, 3.05) is 19.6 Å². The van der Waals surface area contributed by atoms with Crippen molar-refractivity contribution in [1.82, 2.24) is 15.6 Å². The maximum atomic E-state index is 10.7. The number of nitrogens with one attached hydrogen (secondary N) is 2. The molecule has 0 aliphatic heterocycles. The van der Waals surface area contributed by atoms with E-state index in [1.807, 2.05) is 44.2 Å². The molecule has 6 heteroatoms. The smallest absolute Gasteiger partial charge is 0.191 e. The summed E-state index contributed by atoms with van der Waals surface area (Å²) in [6.45, 7) is 7.82. The van der Waals surface area contributed by atoms with Gasteiger partial charge in [-0.15, -0.1) is 11.3 Å². The van der Waals surface area contributed by atoms with Gasteiger partial charge in [0.15, 0.2) is 5.96 Å². The van der Waals surface area contributed by atoms with Gasteiger partial charge in [0.1, 0.15) is 5.60 Å². The molecule has 1 atom stereocenters. The molecule has 1 heterocycles. The summed E-state index contributed by atoms with van der Waals surface area (Å²) in [4.78, 5) is 9.05. The van der Waals surface area contributed by atoms with Crippen LogP contribution in [0, 0.1) is 6.92 Å². The molecule has 0 saturated heterocycles. The number of benzene rings is 1. The monoisotopic (exact) mass is 374 g/mol. The summed E-state index contributed by atoms with van der Waals surface area (Å²) in [6.07, 6.45) is 3.18. The van der Waals surface area contributed by atoms with E-state index < -0.39 is 5.60 Å². The number of aliphatic imine (C=N–C) groups is 1. The van der Waals surface area contributed by atoms with E-state index >= 15 is 0 Å². The summed E-state index contributed by atoms with van der Waals surface area (Å²) in [6, 6.07) is 9.66. The summed E-state index contributed by atoms with van der Waals surface area (Å²) < 4.78 is 0. The first-order valence-corrected chi connectivity index (χ1v) is 10.1. The van der Waals surface area contributed by atoms with Crippen molar-refractivity contribution in [2.45, 2.75) is 45.6 Å². The van der Waals surface area contributed by atoms with Crippen LogP contribution in [-0.4, -0.2) is 35.7 Å². The average Bonchev–Trinajstić information content (AvgIpc) is 3.05. The minimum atomic E-state index is -0.980. The zero-order valence-electron chi connectivity index (χ0n) is 16.0. The van der Waals surface area contributed by atoms with E-state index in [-0.39, 0.29) is 0 Å². The normalized spacial score (nSPS) is 14.1. The molecule has 2 aromatic rings. The standard InChI is InChI=1S/C20H30N4OS/c1-4-21-19(22-13-9-8-12-18-24-16(2)14-26-18)23-15-20(3,25)17-10-6-5-7-11-17/h5-7,10-11,14,25H,4,8-9,12-13,15H2,1-3H3,(H2,21,22,23). The molecule has 0 saturated carbocycles. The number of thiazole rings is 1. The van der Waals surface area contributed by atoms with Gasteiger partial charge in [0.05, 0.1) is 11.6 Å². The largest absolute Gasteiger partial charge is 0.384 e. The number of aliphatic hydroxyl groups is 1. The molecule has 1 aromatic heterocycles. The number of nitrogens with zero attached hydrogens (tertiary/aromatic N) is 2. The Morgan fingerprint density at radius 1 is 1.23 bits per heavy atom. The van der Waals surface area contributed by atoms with Crippen molar-refractivity contribution < 1.29 is 5.11 Å². The van der Waals surface area contributed by atoms with Crippen LogP contribution in [0.2, 0.25) is 0 Å². The molecule has 0 aliphatic carbocycles. The van der Waals surface area contributed by atoms with E-state index in [0.717, 1.165) is 49.6 Å². The molecule has 3 N–H and O–H groups in total. The van der Waals surface area contributed by atoms with E-state index in [1.165, 1.54) is 5.01 Å². The zero-order chi connectivity index (χ0) is 18.8. The van der Waals surface area contributed by atoms with Gasteiger partial charge >= 0.3 is 0 Å². The maximum absolute atomic E-state index is 10.7. The number of guanidine groups is 1. The molecule has 1 unspecified atom stereocenters. The first kappa shape index (κ1) is 20.4. The zero-order valence-corrected chi connectivity index (χ0v) is 16.8. The van der Waals surface area contributed by atoms with Crippen LogP contribution in [-0.2, 0) is 12.0 Å². The fourth-order valence-electron chi connectivity index (χ4n) is 2.59. The molecule has 5 nitrogen and oxygen atoms in total. The van der Waals surface area contributed by atoms with Crippen molar-refractivity contribution in [2.24, 2.45) is 4.99 Å². The van der Waals surface area contributed by atoms with Crippen molar-refractivity contribution in [1.29, 1.82) is 0 Å². The van der Waals surface area contributed by atoms with E-state index in [1.54, 1.807) is 18.3 Å². The lowest BCUT2D eigenvalue weighted by molar-refractivity contribution is 0.0672. The fraction of sp³-hybridized carbons (Fsp3) is 0.500. The number of unbranched alkanes of at least 4 members (excludes halogenated alkanes) is 1. The number of aryl methyl sites for hydroxylation is 2. The summed E-state index contributed by atoms with van der Waals surface area (Å²) in [5, 5.41) is 20.6. The van der Waals surface area contributed by atoms with Crippen molar-refractivity contribution in [3.05, 3.63) is 52.0 Å². The van der Waals surface area contributed by atoms with Crippen LogP contribution in [0.5, 0.6) is 0 Å². The highest BCUT2D eigenvalue weighted by Gasteiger charge is 2.22. The summed E-state index contributed by atoms with van der Waals surface area (Å²) >= 11 is 1.74. The van der Waals surface area contributed by atoms with Crippen LogP contribution >= 0.6 is 11.3 Å². The van der Waals surface area contributed by atoms with Gasteiger partial charge in [-0.3, -0.25) is 0 Å². The topological polar surface area (TPSA) is 69.5 Å². The minimum Gasteiger partial charge on any atom is -0.384 e. The van der Waals surface area contributed by atoms with E-state index in [2.05, 4.69) is 26.0 Å². The molecule has 0 amide bonds. The van der Waals surface area contributed by atoms with Gasteiger partial charge in [0.2, 0.25) is 0 Å². The molecule has 0 spiro atoms. The van der Waals surface area contributed by atoms with Crippen molar-refractivity contribution in [3.8, 4) is 0 Å². The minimum absolute atomic E-state index is 0.310. The van der Waals surface area contributed by atoms with Gasteiger partial charge in [-0.2, -0.15) is 0 Å². The third kappa shape index (κ3) is 6.77. The van der Waals surface area contributed by atoms with Gasteiger partial charge < -0.3 is 15.7 Å². The Morgan fingerprint density at radius 2 is 2.00 bits per heavy atom. The molecule has 0 radical (unpaired) electrons. The number of hydrogen-bond acceptors (Lipinski definition) is 4. The SMILES string of the molecule is CCNC(=NCC(C)(O)c1ccccc1)NCCCCc1nc(C)cs1. The second-order valence-electron chi connectivity index (χ2n) is 6.60. The quantitative estimate of drug-likeness (QED) is 0.358. The van der Waals surface area contributed by atoms with Crippen molar-refractivity contribution in [3.63, 3.8) is 0 Å². The molecule has 0 fully saturated rings. The molecule has 0 bridgehead atoms.